The van der Waals surface area contributed by atoms with E-state index in [1.54, 1.807) is 21.7 Å². The molecule has 7 heteroatoms. The smallest absolute Gasteiger partial charge is 0.415 e. The highest BCUT2D eigenvalue weighted by molar-refractivity contribution is 6.29. The SMILES string of the molecule is Cc1ccccc1CN(C(=O)OC(C)(C)C)c1cc(Cl)nn2c(C(C)C)cnc12. The minimum atomic E-state index is -0.632. The van der Waals surface area contributed by atoms with Crippen molar-refractivity contribution in [2.24, 2.45) is 0 Å². The molecule has 0 radical (unpaired) electrons. The lowest BCUT2D eigenvalue weighted by molar-refractivity contribution is 0.0577. The molecule has 0 fully saturated rings. The molecule has 3 rings (SSSR count). The lowest BCUT2D eigenvalue weighted by Crippen LogP contribution is -2.37. The van der Waals surface area contributed by atoms with Gasteiger partial charge in [-0.25, -0.2) is 14.3 Å². The summed E-state index contributed by atoms with van der Waals surface area (Å²) in [5, 5.41) is 4.68. The Morgan fingerprint density at radius 1 is 1.28 bits per heavy atom. The molecule has 0 aliphatic heterocycles. The zero-order valence-electron chi connectivity index (χ0n) is 17.7. The number of aromatic nitrogens is 3. The Bertz CT molecular complexity index is 1040. The second-order valence-electron chi connectivity index (χ2n) is 8.42. The highest BCUT2D eigenvalue weighted by atomic mass is 35.5. The van der Waals surface area contributed by atoms with Gasteiger partial charge in [-0.3, -0.25) is 4.90 Å². The fraction of sp³-hybridized carbons (Fsp3) is 0.409. The van der Waals surface area contributed by atoms with Crippen molar-refractivity contribution in [1.82, 2.24) is 14.6 Å². The summed E-state index contributed by atoms with van der Waals surface area (Å²) in [5.74, 6) is 0.204. The van der Waals surface area contributed by atoms with Crippen LogP contribution in [0.5, 0.6) is 0 Å². The number of halogens is 1. The zero-order valence-corrected chi connectivity index (χ0v) is 18.5. The first-order chi connectivity index (χ1) is 13.6. The van der Waals surface area contributed by atoms with Gasteiger partial charge in [-0.15, -0.1) is 0 Å². The molecule has 0 saturated heterocycles. The van der Waals surface area contributed by atoms with E-state index in [0.29, 0.717) is 17.9 Å². The molecule has 0 bridgehead atoms. The highest BCUT2D eigenvalue weighted by Crippen LogP contribution is 2.29. The number of anilines is 1. The summed E-state index contributed by atoms with van der Waals surface area (Å²) in [6.45, 7) is 12.0. The standard InChI is InChI=1S/C22H27ClN4O2/c1-14(2)18-12-24-20-17(11-19(23)25-27(18)20)26(21(28)29-22(4,5)6)13-16-10-8-7-9-15(16)3/h7-12,14H,13H2,1-6H3. The van der Waals surface area contributed by atoms with Crippen molar-refractivity contribution in [1.29, 1.82) is 0 Å². The molecule has 0 aliphatic rings. The number of hydrogen-bond donors (Lipinski definition) is 0. The molecule has 3 aromatic rings. The van der Waals surface area contributed by atoms with Crippen LogP contribution in [-0.4, -0.2) is 26.3 Å². The molecule has 2 aromatic heterocycles. The number of benzene rings is 1. The maximum atomic E-state index is 13.2. The molecular formula is C22H27ClN4O2. The van der Waals surface area contributed by atoms with E-state index in [1.807, 2.05) is 52.0 Å². The minimum absolute atomic E-state index is 0.204. The van der Waals surface area contributed by atoms with Crippen molar-refractivity contribution in [3.63, 3.8) is 0 Å². The lowest BCUT2D eigenvalue weighted by atomic mass is 10.1. The van der Waals surface area contributed by atoms with Crippen LogP contribution in [-0.2, 0) is 11.3 Å². The molecule has 0 spiro atoms. The first kappa shape index (κ1) is 21.1. The third-order valence-corrected chi connectivity index (χ3v) is 4.72. The molecule has 2 heterocycles. The van der Waals surface area contributed by atoms with Crippen molar-refractivity contribution in [2.75, 3.05) is 4.90 Å². The summed E-state index contributed by atoms with van der Waals surface area (Å²) >= 11 is 6.34. The van der Waals surface area contributed by atoms with Crippen molar-refractivity contribution in [3.05, 3.63) is 58.5 Å². The summed E-state index contributed by atoms with van der Waals surface area (Å²) in [5.41, 5.74) is 3.52. The summed E-state index contributed by atoms with van der Waals surface area (Å²) in [6, 6.07) is 9.61. The van der Waals surface area contributed by atoms with Crippen molar-refractivity contribution >= 4 is 29.0 Å². The summed E-state index contributed by atoms with van der Waals surface area (Å²) in [6.07, 6.45) is 1.31. The van der Waals surface area contributed by atoms with Gasteiger partial charge >= 0.3 is 6.09 Å². The Hall–Kier alpha value is -2.60. The number of carbonyl (C=O) groups excluding carboxylic acids is 1. The Morgan fingerprint density at radius 2 is 1.97 bits per heavy atom. The van der Waals surface area contributed by atoms with E-state index in [1.165, 1.54) is 0 Å². The normalized spacial score (nSPS) is 11.9. The van der Waals surface area contributed by atoms with Gasteiger partial charge in [0.2, 0.25) is 0 Å². The molecule has 0 saturated carbocycles. The number of rotatable bonds is 4. The maximum absolute atomic E-state index is 13.2. The highest BCUT2D eigenvalue weighted by Gasteiger charge is 2.27. The minimum Gasteiger partial charge on any atom is -0.443 e. The van der Waals surface area contributed by atoms with E-state index >= 15 is 0 Å². The van der Waals surface area contributed by atoms with Gasteiger partial charge in [-0.1, -0.05) is 49.7 Å². The Morgan fingerprint density at radius 3 is 2.59 bits per heavy atom. The Kier molecular flexibility index (Phi) is 5.85. The van der Waals surface area contributed by atoms with Crippen molar-refractivity contribution in [2.45, 2.75) is 59.6 Å². The third-order valence-electron chi connectivity index (χ3n) is 4.53. The molecule has 1 amide bonds. The summed E-state index contributed by atoms with van der Waals surface area (Å²) in [7, 11) is 0. The molecule has 29 heavy (non-hydrogen) atoms. The Labute approximate surface area is 176 Å². The van der Waals surface area contributed by atoms with Crippen LogP contribution in [0, 0.1) is 6.92 Å². The Balaban J connectivity index is 2.15. The van der Waals surface area contributed by atoms with Gasteiger partial charge in [0.05, 0.1) is 24.1 Å². The second kappa shape index (κ2) is 8.03. The van der Waals surface area contributed by atoms with Gasteiger partial charge in [-0.2, -0.15) is 5.10 Å². The summed E-state index contributed by atoms with van der Waals surface area (Å²) < 4.78 is 7.40. The first-order valence-corrected chi connectivity index (χ1v) is 10.0. The predicted molar refractivity (Wildman–Crippen MR) is 116 cm³/mol. The van der Waals surface area contributed by atoms with Gasteiger partial charge in [0.15, 0.2) is 10.8 Å². The number of amides is 1. The fourth-order valence-electron chi connectivity index (χ4n) is 3.06. The van der Waals surface area contributed by atoms with Crippen molar-refractivity contribution in [3.8, 4) is 0 Å². The lowest BCUT2D eigenvalue weighted by Gasteiger charge is -2.28. The monoisotopic (exact) mass is 414 g/mol. The number of carbonyl (C=O) groups is 1. The van der Waals surface area contributed by atoms with Crippen LogP contribution in [0.2, 0.25) is 5.15 Å². The van der Waals surface area contributed by atoms with Crippen LogP contribution >= 0.6 is 11.6 Å². The van der Waals surface area contributed by atoms with Gasteiger partial charge in [0, 0.05) is 6.07 Å². The fourth-order valence-corrected chi connectivity index (χ4v) is 3.23. The van der Waals surface area contributed by atoms with Crippen LogP contribution in [0.15, 0.2) is 36.5 Å². The van der Waals surface area contributed by atoms with E-state index in [2.05, 4.69) is 23.9 Å². The topological polar surface area (TPSA) is 59.7 Å². The summed E-state index contributed by atoms with van der Waals surface area (Å²) in [4.78, 5) is 19.3. The van der Waals surface area contributed by atoms with Gasteiger partial charge < -0.3 is 4.74 Å². The molecule has 154 valence electrons. The van der Waals surface area contributed by atoms with Gasteiger partial charge in [0.25, 0.3) is 0 Å². The molecule has 6 nitrogen and oxygen atoms in total. The average Bonchev–Trinajstić information content (AvgIpc) is 3.02. The molecule has 0 N–H and O–H groups in total. The van der Waals surface area contributed by atoms with E-state index in [0.717, 1.165) is 16.8 Å². The molecular weight excluding hydrogens is 388 g/mol. The van der Waals surface area contributed by atoms with E-state index in [4.69, 9.17) is 16.3 Å². The quantitative estimate of drug-likeness (QED) is 0.544. The predicted octanol–water partition coefficient (Wildman–Crippen LogP) is 5.76. The van der Waals surface area contributed by atoms with E-state index in [-0.39, 0.29) is 11.1 Å². The third kappa shape index (κ3) is 4.70. The second-order valence-corrected chi connectivity index (χ2v) is 8.81. The molecule has 0 atom stereocenters. The average molecular weight is 415 g/mol. The van der Waals surface area contributed by atoms with Crippen LogP contribution in [0.3, 0.4) is 0 Å². The number of hydrogen-bond acceptors (Lipinski definition) is 4. The van der Waals surface area contributed by atoms with Crippen LogP contribution < -0.4 is 4.90 Å². The van der Waals surface area contributed by atoms with Gasteiger partial charge in [0.1, 0.15) is 5.60 Å². The number of aryl methyl sites for hydroxylation is 1. The molecule has 0 unspecified atom stereocenters. The first-order valence-electron chi connectivity index (χ1n) is 9.66. The van der Waals surface area contributed by atoms with Crippen LogP contribution in [0.25, 0.3) is 5.65 Å². The number of fused-ring (bicyclic) bond motifs is 1. The largest absolute Gasteiger partial charge is 0.443 e. The van der Waals surface area contributed by atoms with Crippen molar-refractivity contribution < 1.29 is 9.53 Å². The molecule has 0 aliphatic carbocycles. The molecule has 1 aromatic carbocycles. The maximum Gasteiger partial charge on any atom is 0.415 e. The number of nitrogens with zero attached hydrogens (tertiary/aromatic N) is 4. The van der Waals surface area contributed by atoms with E-state index in [9.17, 15) is 4.79 Å². The van der Waals surface area contributed by atoms with Gasteiger partial charge in [-0.05, 0) is 44.7 Å². The van der Waals surface area contributed by atoms with E-state index < -0.39 is 11.7 Å². The number of ether oxygens (including phenoxy) is 1. The number of imidazole rings is 1. The van der Waals surface area contributed by atoms with Crippen LogP contribution in [0.1, 0.15) is 57.4 Å². The van der Waals surface area contributed by atoms with Crippen LogP contribution in [0.4, 0.5) is 10.5 Å². The zero-order chi connectivity index (χ0) is 21.3.